The van der Waals surface area contributed by atoms with Crippen molar-refractivity contribution in [3.05, 3.63) is 92.0 Å². The zero-order valence-corrected chi connectivity index (χ0v) is 21.6. The molecule has 0 saturated heterocycles. The summed E-state index contributed by atoms with van der Waals surface area (Å²) in [7, 11) is 0. The van der Waals surface area contributed by atoms with E-state index in [1.165, 1.54) is 6.08 Å². The number of halogens is 2. The number of hydrogen-bond acceptors (Lipinski definition) is 4. The fourth-order valence-corrected chi connectivity index (χ4v) is 4.08. The first kappa shape index (κ1) is 26.2. The molecule has 3 rings (SSSR count). The Bertz CT molecular complexity index is 1310. The van der Waals surface area contributed by atoms with Crippen LogP contribution in [0.5, 0.6) is 11.5 Å². The largest absolute Gasteiger partial charge is 0.490 e. The molecule has 3 aromatic carbocycles. The fraction of sp³-hybridized carbons (Fsp3) is 0.214. The van der Waals surface area contributed by atoms with Gasteiger partial charge in [-0.15, -0.1) is 0 Å². The highest BCUT2D eigenvalue weighted by Crippen LogP contribution is 2.38. The lowest BCUT2D eigenvalue weighted by atomic mass is 10.1. The van der Waals surface area contributed by atoms with Crippen LogP contribution in [0.4, 0.5) is 5.69 Å². The molecule has 0 fully saturated rings. The third-order valence-corrected chi connectivity index (χ3v) is 5.88. The maximum absolute atomic E-state index is 12.8. The predicted octanol–water partition coefficient (Wildman–Crippen LogP) is 7.44. The fourth-order valence-electron chi connectivity index (χ4n) is 3.63. The van der Waals surface area contributed by atoms with Gasteiger partial charge in [0, 0.05) is 10.7 Å². The van der Waals surface area contributed by atoms with Crippen LogP contribution >= 0.6 is 23.2 Å². The highest BCUT2D eigenvalue weighted by atomic mass is 35.5. The first-order valence-electron chi connectivity index (χ1n) is 11.1. The smallest absolute Gasteiger partial charge is 0.266 e. The van der Waals surface area contributed by atoms with Gasteiger partial charge in [-0.25, -0.2) is 0 Å². The monoisotopic (exact) mass is 508 g/mol. The number of hydrogen-bond donors (Lipinski definition) is 1. The van der Waals surface area contributed by atoms with Gasteiger partial charge in [0.2, 0.25) is 0 Å². The zero-order valence-electron chi connectivity index (χ0n) is 20.0. The Balaban J connectivity index is 1.87. The molecule has 7 heteroatoms. The molecule has 180 valence electrons. The molecule has 0 bridgehead atoms. The first-order valence-corrected chi connectivity index (χ1v) is 11.8. The van der Waals surface area contributed by atoms with Crippen molar-refractivity contribution in [1.29, 1.82) is 5.26 Å². The molecule has 0 aromatic heterocycles. The summed E-state index contributed by atoms with van der Waals surface area (Å²) < 4.78 is 11.8. The van der Waals surface area contributed by atoms with E-state index in [0.717, 1.165) is 16.7 Å². The number of rotatable bonds is 8. The van der Waals surface area contributed by atoms with Crippen molar-refractivity contribution in [3.8, 4) is 17.6 Å². The summed E-state index contributed by atoms with van der Waals surface area (Å²) in [5, 5.41) is 13.2. The van der Waals surface area contributed by atoms with Gasteiger partial charge in [0.1, 0.15) is 18.2 Å². The highest BCUT2D eigenvalue weighted by molar-refractivity contribution is 6.32. The van der Waals surface area contributed by atoms with Gasteiger partial charge in [0.15, 0.2) is 11.5 Å². The molecule has 5 nitrogen and oxygen atoms in total. The van der Waals surface area contributed by atoms with E-state index >= 15 is 0 Å². The summed E-state index contributed by atoms with van der Waals surface area (Å²) in [5.41, 5.74) is 5.01. The predicted molar refractivity (Wildman–Crippen MR) is 141 cm³/mol. The number of aryl methyl sites for hydroxylation is 2. The number of nitrogens with one attached hydrogen (secondary N) is 1. The van der Waals surface area contributed by atoms with Gasteiger partial charge >= 0.3 is 0 Å². The molecule has 0 aliphatic carbocycles. The van der Waals surface area contributed by atoms with Crippen molar-refractivity contribution < 1.29 is 14.3 Å². The Morgan fingerprint density at radius 1 is 1.03 bits per heavy atom. The van der Waals surface area contributed by atoms with Crippen LogP contribution in [0.15, 0.2) is 54.1 Å². The van der Waals surface area contributed by atoms with Gasteiger partial charge in [0.25, 0.3) is 5.91 Å². The number of carbonyl (C=O) groups is 1. The van der Waals surface area contributed by atoms with Crippen LogP contribution in [-0.4, -0.2) is 12.5 Å². The number of ether oxygens (including phenoxy) is 2. The first-order chi connectivity index (χ1) is 16.7. The summed E-state index contributed by atoms with van der Waals surface area (Å²) in [6.45, 7) is 8.43. The van der Waals surface area contributed by atoms with E-state index in [1.807, 2.05) is 26.8 Å². The standard InChI is InChI=1S/C28H26Cl2N2O3/c1-5-34-26-14-20(12-22(15-31)28(33)32-25-8-6-7-23(29)19(25)4)13-24(30)27(26)35-16-21-10-17(2)9-18(3)11-21/h6-14H,5,16H2,1-4H3,(H,32,33)/b22-12+. The Morgan fingerprint density at radius 2 is 1.74 bits per heavy atom. The van der Waals surface area contributed by atoms with E-state index < -0.39 is 5.91 Å². The van der Waals surface area contributed by atoms with Crippen LogP contribution in [-0.2, 0) is 11.4 Å². The number of anilines is 1. The zero-order chi connectivity index (χ0) is 25.5. The van der Waals surface area contributed by atoms with E-state index in [9.17, 15) is 10.1 Å². The number of amides is 1. The van der Waals surface area contributed by atoms with Crippen molar-refractivity contribution in [1.82, 2.24) is 0 Å². The molecule has 0 aliphatic rings. The normalized spacial score (nSPS) is 11.1. The molecule has 0 saturated carbocycles. The van der Waals surface area contributed by atoms with Crippen molar-refractivity contribution in [2.75, 3.05) is 11.9 Å². The second kappa shape index (κ2) is 11.8. The summed E-state index contributed by atoms with van der Waals surface area (Å²) in [5.74, 6) is 0.281. The molecule has 1 amide bonds. The van der Waals surface area contributed by atoms with E-state index in [2.05, 4.69) is 23.5 Å². The summed E-state index contributed by atoms with van der Waals surface area (Å²) in [4.78, 5) is 12.8. The van der Waals surface area contributed by atoms with Crippen molar-refractivity contribution in [2.24, 2.45) is 0 Å². The van der Waals surface area contributed by atoms with E-state index in [0.29, 0.717) is 51.6 Å². The lowest BCUT2D eigenvalue weighted by Crippen LogP contribution is -2.14. The van der Waals surface area contributed by atoms with Gasteiger partial charge in [-0.3, -0.25) is 4.79 Å². The van der Waals surface area contributed by atoms with Gasteiger partial charge in [-0.05, 0) is 74.7 Å². The minimum absolute atomic E-state index is 0.0909. The third kappa shape index (κ3) is 6.79. The van der Waals surface area contributed by atoms with Gasteiger partial charge in [0.05, 0.1) is 11.6 Å². The molecule has 0 aliphatic heterocycles. The van der Waals surface area contributed by atoms with Crippen LogP contribution in [0.1, 0.15) is 34.7 Å². The third-order valence-electron chi connectivity index (χ3n) is 5.19. The average molecular weight is 509 g/mol. The van der Waals surface area contributed by atoms with Crippen molar-refractivity contribution in [2.45, 2.75) is 34.3 Å². The van der Waals surface area contributed by atoms with Gasteiger partial charge in [-0.2, -0.15) is 5.26 Å². The minimum atomic E-state index is -0.554. The maximum atomic E-state index is 12.8. The second-order valence-electron chi connectivity index (χ2n) is 8.08. The molecule has 0 unspecified atom stereocenters. The highest BCUT2D eigenvalue weighted by Gasteiger charge is 2.16. The minimum Gasteiger partial charge on any atom is -0.490 e. The van der Waals surface area contributed by atoms with Crippen molar-refractivity contribution >= 4 is 40.9 Å². The van der Waals surface area contributed by atoms with E-state index in [1.54, 1.807) is 37.3 Å². The van der Waals surface area contributed by atoms with E-state index in [4.69, 9.17) is 32.7 Å². The summed E-state index contributed by atoms with van der Waals surface area (Å²) in [6, 6.07) is 16.7. The van der Waals surface area contributed by atoms with Crippen LogP contribution in [0.2, 0.25) is 10.0 Å². The maximum Gasteiger partial charge on any atom is 0.266 e. The Kier molecular flexibility index (Phi) is 8.81. The average Bonchev–Trinajstić information content (AvgIpc) is 2.79. The molecule has 1 N–H and O–H groups in total. The number of nitriles is 1. The van der Waals surface area contributed by atoms with Gasteiger partial charge < -0.3 is 14.8 Å². The van der Waals surface area contributed by atoms with Crippen LogP contribution < -0.4 is 14.8 Å². The van der Waals surface area contributed by atoms with Crippen LogP contribution in [0, 0.1) is 32.1 Å². The number of carbonyl (C=O) groups excluding carboxylic acids is 1. The Labute approximate surface area is 215 Å². The molecule has 0 atom stereocenters. The second-order valence-corrected chi connectivity index (χ2v) is 8.90. The number of nitrogens with zero attached hydrogens (tertiary/aromatic N) is 1. The lowest BCUT2D eigenvalue weighted by molar-refractivity contribution is -0.112. The quantitative estimate of drug-likeness (QED) is 0.253. The molecule has 3 aromatic rings. The Morgan fingerprint density at radius 3 is 2.40 bits per heavy atom. The molecule has 0 heterocycles. The molecule has 0 radical (unpaired) electrons. The molecular weight excluding hydrogens is 483 g/mol. The molecular formula is C28H26Cl2N2O3. The Hall–Kier alpha value is -3.46. The summed E-state index contributed by atoms with van der Waals surface area (Å²) >= 11 is 12.7. The lowest BCUT2D eigenvalue weighted by Gasteiger charge is -2.15. The van der Waals surface area contributed by atoms with E-state index in [-0.39, 0.29) is 5.57 Å². The van der Waals surface area contributed by atoms with Gasteiger partial charge in [-0.1, -0.05) is 58.6 Å². The SMILES string of the molecule is CCOc1cc(/C=C(\C#N)C(=O)Nc2cccc(Cl)c2C)cc(Cl)c1OCc1cc(C)cc(C)c1. The molecule has 35 heavy (non-hydrogen) atoms. The topological polar surface area (TPSA) is 71.3 Å². The summed E-state index contributed by atoms with van der Waals surface area (Å²) in [6.07, 6.45) is 1.46. The molecule has 0 spiro atoms. The van der Waals surface area contributed by atoms with Crippen molar-refractivity contribution in [3.63, 3.8) is 0 Å². The van der Waals surface area contributed by atoms with Crippen LogP contribution in [0.25, 0.3) is 6.08 Å². The van der Waals surface area contributed by atoms with Crippen LogP contribution in [0.3, 0.4) is 0 Å². The number of benzene rings is 3.